The van der Waals surface area contributed by atoms with Crippen molar-refractivity contribution < 1.29 is 17.9 Å². The first-order valence-corrected chi connectivity index (χ1v) is 3.55. The van der Waals surface area contributed by atoms with Gasteiger partial charge >= 0.3 is 0 Å². The lowest BCUT2D eigenvalue weighted by Gasteiger charge is -2.06. The van der Waals surface area contributed by atoms with E-state index in [1.54, 1.807) is 0 Å². The van der Waals surface area contributed by atoms with Gasteiger partial charge in [0.05, 0.1) is 18.4 Å². The number of alkyl halides is 2. The third kappa shape index (κ3) is 1.91. The molecule has 0 spiro atoms. The van der Waals surface area contributed by atoms with Crippen LogP contribution in [-0.4, -0.2) is 12.1 Å². The lowest BCUT2D eigenvalue weighted by Crippen LogP contribution is -1.99. The van der Waals surface area contributed by atoms with Crippen molar-refractivity contribution in [3.63, 3.8) is 0 Å². The molecule has 0 saturated heterocycles. The van der Waals surface area contributed by atoms with E-state index in [-0.39, 0.29) is 11.6 Å². The topological polar surface area (TPSA) is 22.1 Å². The summed E-state index contributed by atoms with van der Waals surface area (Å²) < 4.78 is 42.0. The number of halogens is 3. The Hall–Kier alpha value is -1.26. The van der Waals surface area contributed by atoms with Crippen LogP contribution in [0.1, 0.15) is 17.7 Å². The maximum atomic E-state index is 13.0. The van der Waals surface area contributed by atoms with Crippen LogP contribution in [0.3, 0.4) is 0 Å². The molecule has 0 aliphatic rings. The van der Waals surface area contributed by atoms with Gasteiger partial charge in [0, 0.05) is 6.07 Å². The fourth-order valence-electron chi connectivity index (χ4n) is 0.915. The zero-order chi connectivity index (χ0) is 10.0. The van der Waals surface area contributed by atoms with E-state index in [0.29, 0.717) is 0 Å². The minimum absolute atomic E-state index is 0.00537. The predicted molar refractivity (Wildman–Crippen MR) is 40.4 cm³/mol. The number of pyridine rings is 1. The van der Waals surface area contributed by atoms with Crippen molar-refractivity contribution in [1.82, 2.24) is 4.98 Å². The summed E-state index contributed by atoms with van der Waals surface area (Å²) in [5.74, 6) is -0.981. The largest absolute Gasteiger partial charge is 0.481 e. The Balaban J connectivity index is 3.25. The van der Waals surface area contributed by atoms with Crippen LogP contribution in [-0.2, 0) is 0 Å². The molecule has 1 rings (SSSR count). The van der Waals surface area contributed by atoms with E-state index < -0.39 is 17.8 Å². The second kappa shape index (κ2) is 3.64. The smallest absolute Gasteiger partial charge is 0.266 e. The van der Waals surface area contributed by atoms with Crippen molar-refractivity contribution in [2.45, 2.75) is 13.3 Å². The van der Waals surface area contributed by atoms with Crippen LogP contribution in [0.15, 0.2) is 6.07 Å². The Labute approximate surface area is 73.4 Å². The van der Waals surface area contributed by atoms with Crippen molar-refractivity contribution in [3.05, 3.63) is 23.1 Å². The van der Waals surface area contributed by atoms with E-state index in [1.807, 2.05) is 0 Å². The van der Waals surface area contributed by atoms with E-state index in [9.17, 15) is 13.2 Å². The van der Waals surface area contributed by atoms with Crippen LogP contribution in [0.5, 0.6) is 5.88 Å². The van der Waals surface area contributed by atoms with Crippen molar-refractivity contribution in [2.24, 2.45) is 0 Å². The molecule has 0 aromatic carbocycles. The molecule has 5 heteroatoms. The number of aryl methyl sites for hydroxylation is 1. The molecule has 2 nitrogen and oxygen atoms in total. The van der Waals surface area contributed by atoms with Crippen LogP contribution in [0.4, 0.5) is 13.2 Å². The van der Waals surface area contributed by atoms with Gasteiger partial charge in [-0.15, -0.1) is 0 Å². The Morgan fingerprint density at radius 1 is 1.46 bits per heavy atom. The molecule has 1 aromatic heterocycles. The van der Waals surface area contributed by atoms with Gasteiger partial charge in [-0.2, -0.15) is 0 Å². The summed E-state index contributed by atoms with van der Waals surface area (Å²) in [6.45, 7) is 1.31. The van der Waals surface area contributed by atoms with E-state index in [1.165, 1.54) is 14.0 Å². The van der Waals surface area contributed by atoms with Gasteiger partial charge in [-0.3, -0.25) is 0 Å². The molecule has 0 aliphatic heterocycles. The molecule has 0 aliphatic carbocycles. The average Bonchev–Trinajstić information content (AvgIpc) is 2.09. The molecule has 1 heterocycles. The molecular weight excluding hydrogens is 183 g/mol. The Morgan fingerprint density at radius 3 is 2.54 bits per heavy atom. The van der Waals surface area contributed by atoms with Gasteiger partial charge in [0.1, 0.15) is 0 Å². The number of ether oxygens (including phenoxy) is 1. The highest BCUT2D eigenvalue weighted by Gasteiger charge is 2.17. The number of aromatic nitrogens is 1. The summed E-state index contributed by atoms with van der Waals surface area (Å²) in [5.41, 5.74) is -0.765. The Morgan fingerprint density at radius 2 is 2.08 bits per heavy atom. The van der Waals surface area contributed by atoms with E-state index in [4.69, 9.17) is 0 Å². The van der Waals surface area contributed by atoms with Gasteiger partial charge in [0.2, 0.25) is 5.88 Å². The maximum Gasteiger partial charge on any atom is 0.266 e. The fourth-order valence-corrected chi connectivity index (χ4v) is 0.915. The number of methoxy groups -OCH3 is 1. The van der Waals surface area contributed by atoms with E-state index in [0.717, 1.165) is 6.07 Å². The first kappa shape index (κ1) is 9.83. The van der Waals surface area contributed by atoms with Gasteiger partial charge in [-0.25, -0.2) is 18.2 Å². The third-order valence-corrected chi connectivity index (χ3v) is 1.57. The minimum atomic E-state index is -2.85. The minimum Gasteiger partial charge on any atom is -0.481 e. The maximum absolute atomic E-state index is 13.0. The summed E-state index contributed by atoms with van der Waals surface area (Å²) in [7, 11) is 1.29. The fraction of sp³-hybridized carbons (Fsp3) is 0.375. The van der Waals surface area contributed by atoms with Crippen molar-refractivity contribution in [1.29, 1.82) is 0 Å². The zero-order valence-corrected chi connectivity index (χ0v) is 7.14. The average molecular weight is 191 g/mol. The number of nitrogens with zero attached hydrogens (tertiary/aromatic N) is 1. The Kier molecular flexibility index (Phi) is 2.75. The van der Waals surface area contributed by atoms with Gasteiger partial charge in [-0.1, -0.05) is 0 Å². The van der Waals surface area contributed by atoms with Crippen LogP contribution in [0.2, 0.25) is 0 Å². The molecule has 1 aromatic rings. The van der Waals surface area contributed by atoms with Crippen LogP contribution in [0.25, 0.3) is 0 Å². The highest BCUT2D eigenvalue weighted by atomic mass is 19.3. The number of rotatable bonds is 2. The summed E-state index contributed by atoms with van der Waals surface area (Å²) in [6.07, 6.45) is -2.85. The van der Waals surface area contributed by atoms with Crippen LogP contribution >= 0.6 is 0 Å². The van der Waals surface area contributed by atoms with Gasteiger partial charge in [0.25, 0.3) is 6.43 Å². The quantitative estimate of drug-likeness (QED) is 0.716. The van der Waals surface area contributed by atoms with Crippen LogP contribution < -0.4 is 4.74 Å². The molecule has 0 radical (unpaired) electrons. The molecule has 0 atom stereocenters. The summed E-state index contributed by atoms with van der Waals surface area (Å²) in [5, 5.41) is 0. The summed E-state index contributed by atoms with van der Waals surface area (Å²) >= 11 is 0. The SMILES string of the molecule is COc1cc(C(F)F)c(F)c(C)n1. The van der Waals surface area contributed by atoms with Gasteiger partial charge in [-0.05, 0) is 6.92 Å². The van der Waals surface area contributed by atoms with Gasteiger partial charge < -0.3 is 4.74 Å². The number of hydrogen-bond donors (Lipinski definition) is 0. The zero-order valence-electron chi connectivity index (χ0n) is 7.14. The first-order chi connectivity index (χ1) is 6.06. The van der Waals surface area contributed by atoms with E-state index >= 15 is 0 Å². The lowest BCUT2D eigenvalue weighted by atomic mass is 10.2. The highest BCUT2D eigenvalue weighted by Crippen LogP contribution is 2.26. The number of hydrogen-bond acceptors (Lipinski definition) is 2. The highest BCUT2D eigenvalue weighted by molar-refractivity contribution is 5.27. The van der Waals surface area contributed by atoms with Crippen LogP contribution in [0, 0.1) is 12.7 Å². The Bertz CT molecular complexity index is 315. The lowest BCUT2D eigenvalue weighted by molar-refractivity contribution is 0.145. The van der Waals surface area contributed by atoms with Gasteiger partial charge in [0.15, 0.2) is 5.82 Å². The monoisotopic (exact) mass is 191 g/mol. The first-order valence-electron chi connectivity index (χ1n) is 3.55. The molecular formula is C8H8F3NO. The summed E-state index contributed by atoms with van der Waals surface area (Å²) in [4.78, 5) is 3.60. The third-order valence-electron chi connectivity index (χ3n) is 1.57. The molecule has 13 heavy (non-hydrogen) atoms. The molecule has 0 N–H and O–H groups in total. The molecule has 0 saturated carbocycles. The normalized spacial score (nSPS) is 10.6. The van der Waals surface area contributed by atoms with Crippen molar-refractivity contribution >= 4 is 0 Å². The predicted octanol–water partition coefficient (Wildman–Crippen LogP) is 2.48. The molecule has 0 fully saturated rings. The van der Waals surface area contributed by atoms with Crippen molar-refractivity contribution in [3.8, 4) is 5.88 Å². The molecule has 0 amide bonds. The molecule has 0 unspecified atom stereocenters. The van der Waals surface area contributed by atoms with Crippen molar-refractivity contribution in [2.75, 3.05) is 7.11 Å². The standard InChI is InChI=1S/C8H8F3NO/c1-4-7(9)5(8(10)11)3-6(12-4)13-2/h3,8H,1-2H3. The van der Waals surface area contributed by atoms with E-state index in [2.05, 4.69) is 9.72 Å². The second-order valence-corrected chi connectivity index (χ2v) is 2.45. The molecule has 72 valence electrons. The summed E-state index contributed by atoms with van der Waals surface area (Å²) in [6, 6.07) is 0.896. The molecule has 0 bridgehead atoms. The second-order valence-electron chi connectivity index (χ2n) is 2.45.